The zero-order chi connectivity index (χ0) is 12.0. The number of benzene rings is 1. The summed E-state index contributed by atoms with van der Waals surface area (Å²) in [5.41, 5.74) is 1.57. The van der Waals surface area contributed by atoms with E-state index < -0.39 is 6.09 Å². The highest BCUT2D eigenvalue weighted by Gasteiger charge is 2.12. The Morgan fingerprint density at radius 2 is 1.94 bits per heavy atom. The Bertz CT molecular complexity index is 340. The molecule has 5 heteroatoms. The van der Waals surface area contributed by atoms with Crippen molar-refractivity contribution in [3.8, 4) is 0 Å². The van der Waals surface area contributed by atoms with Gasteiger partial charge in [0.2, 0.25) is 0 Å². The Balaban J connectivity index is 2.81. The minimum atomic E-state index is -1.02. The van der Waals surface area contributed by atoms with Crippen molar-refractivity contribution >= 4 is 23.4 Å². The summed E-state index contributed by atoms with van der Waals surface area (Å²) < 4.78 is 0. The van der Waals surface area contributed by atoms with Crippen LogP contribution in [0.1, 0.15) is 5.56 Å². The zero-order valence-electron chi connectivity index (χ0n) is 8.77. The van der Waals surface area contributed by atoms with Crippen molar-refractivity contribution in [2.75, 3.05) is 23.9 Å². The van der Waals surface area contributed by atoms with E-state index in [0.717, 1.165) is 5.56 Å². The molecule has 0 aliphatic rings. The van der Waals surface area contributed by atoms with Crippen LogP contribution in [-0.2, 0) is 6.42 Å². The van der Waals surface area contributed by atoms with E-state index in [4.69, 9.17) is 21.8 Å². The number of nitrogens with zero attached hydrogens (tertiary/aromatic N) is 1. The molecule has 0 atom stereocenters. The highest BCUT2D eigenvalue weighted by molar-refractivity contribution is 6.18. The summed E-state index contributed by atoms with van der Waals surface area (Å²) in [7, 11) is 0. The largest absolute Gasteiger partial charge is 0.465 e. The van der Waals surface area contributed by atoms with Crippen molar-refractivity contribution in [1.29, 1.82) is 0 Å². The maximum absolute atomic E-state index is 10.9. The Hall–Kier alpha value is -1.26. The molecular formula is C11H14ClNO3. The molecule has 0 unspecified atom stereocenters. The number of amides is 1. The third-order valence-electron chi connectivity index (χ3n) is 2.19. The van der Waals surface area contributed by atoms with Crippen molar-refractivity contribution < 1.29 is 15.0 Å². The summed E-state index contributed by atoms with van der Waals surface area (Å²) >= 11 is 5.53. The molecule has 0 saturated heterocycles. The normalized spacial score (nSPS) is 10.1. The molecule has 1 rings (SSSR count). The van der Waals surface area contributed by atoms with Crippen molar-refractivity contribution in [3.05, 3.63) is 29.8 Å². The van der Waals surface area contributed by atoms with Crippen LogP contribution in [0.25, 0.3) is 0 Å². The number of anilines is 1. The second-order valence-electron chi connectivity index (χ2n) is 3.26. The van der Waals surface area contributed by atoms with Gasteiger partial charge in [-0.1, -0.05) is 12.1 Å². The third-order valence-corrected chi connectivity index (χ3v) is 2.36. The van der Waals surface area contributed by atoms with Crippen LogP contribution in [0.3, 0.4) is 0 Å². The molecule has 0 aliphatic heterocycles. The predicted molar refractivity (Wildman–Crippen MR) is 63.3 cm³/mol. The Labute approximate surface area is 99.1 Å². The van der Waals surface area contributed by atoms with E-state index in [1.165, 1.54) is 4.90 Å². The minimum Gasteiger partial charge on any atom is -0.465 e. The first kappa shape index (κ1) is 12.8. The second-order valence-corrected chi connectivity index (χ2v) is 3.64. The standard InChI is InChI=1S/C11H14ClNO3/c12-6-7-13(11(15)16)10-3-1-9(2-4-10)5-8-14/h1-4,14H,5-8H2,(H,15,16). The quantitative estimate of drug-likeness (QED) is 0.777. The number of aliphatic hydroxyl groups is 1. The van der Waals surface area contributed by atoms with Crippen LogP contribution in [0.15, 0.2) is 24.3 Å². The van der Waals surface area contributed by atoms with Gasteiger partial charge in [0, 0.05) is 24.7 Å². The van der Waals surface area contributed by atoms with Gasteiger partial charge in [-0.2, -0.15) is 0 Å². The molecule has 88 valence electrons. The van der Waals surface area contributed by atoms with Crippen molar-refractivity contribution in [3.63, 3.8) is 0 Å². The first-order valence-corrected chi connectivity index (χ1v) is 5.48. The summed E-state index contributed by atoms with van der Waals surface area (Å²) in [4.78, 5) is 12.1. The average molecular weight is 244 g/mol. The van der Waals surface area contributed by atoms with Crippen molar-refractivity contribution in [2.24, 2.45) is 0 Å². The van der Waals surface area contributed by atoms with E-state index in [0.29, 0.717) is 12.1 Å². The van der Waals surface area contributed by atoms with Crippen molar-refractivity contribution in [1.82, 2.24) is 0 Å². The molecule has 0 fully saturated rings. The summed E-state index contributed by atoms with van der Waals surface area (Å²) in [5.74, 6) is 0.255. The maximum Gasteiger partial charge on any atom is 0.411 e. The van der Waals surface area contributed by atoms with Crippen molar-refractivity contribution in [2.45, 2.75) is 6.42 Å². The van der Waals surface area contributed by atoms with E-state index in [1.54, 1.807) is 24.3 Å². The SMILES string of the molecule is O=C(O)N(CCCl)c1ccc(CCO)cc1. The molecule has 1 aromatic carbocycles. The highest BCUT2D eigenvalue weighted by Crippen LogP contribution is 2.15. The molecule has 0 aromatic heterocycles. The lowest BCUT2D eigenvalue weighted by molar-refractivity contribution is 0.202. The van der Waals surface area contributed by atoms with E-state index in [-0.39, 0.29) is 19.0 Å². The van der Waals surface area contributed by atoms with E-state index in [9.17, 15) is 4.79 Å². The van der Waals surface area contributed by atoms with Gasteiger partial charge >= 0.3 is 6.09 Å². The van der Waals surface area contributed by atoms with Gasteiger partial charge in [0.1, 0.15) is 0 Å². The van der Waals surface area contributed by atoms with Gasteiger partial charge in [-0.3, -0.25) is 4.90 Å². The molecule has 0 radical (unpaired) electrons. The molecule has 16 heavy (non-hydrogen) atoms. The molecule has 4 nitrogen and oxygen atoms in total. The predicted octanol–water partition coefficient (Wildman–Crippen LogP) is 1.94. The molecule has 0 heterocycles. The maximum atomic E-state index is 10.9. The fourth-order valence-corrected chi connectivity index (χ4v) is 1.56. The number of aliphatic hydroxyl groups excluding tert-OH is 1. The molecular weight excluding hydrogens is 230 g/mol. The van der Waals surface area contributed by atoms with Crippen LogP contribution in [0.5, 0.6) is 0 Å². The topological polar surface area (TPSA) is 60.8 Å². The minimum absolute atomic E-state index is 0.0870. The average Bonchev–Trinajstić information content (AvgIpc) is 2.27. The van der Waals surface area contributed by atoms with Crippen LogP contribution in [0, 0.1) is 0 Å². The van der Waals surface area contributed by atoms with Gasteiger partial charge in [0.15, 0.2) is 0 Å². The van der Waals surface area contributed by atoms with Gasteiger partial charge in [-0.15, -0.1) is 11.6 Å². The van der Waals surface area contributed by atoms with Crippen LogP contribution >= 0.6 is 11.6 Å². The molecule has 0 aliphatic carbocycles. The van der Waals surface area contributed by atoms with E-state index in [1.807, 2.05) is 0 Å². The fourth-order valence-electron chi connectivity index (χ4n) is 1.39. The third kappa shape index (κ3) is 3.40. The monoisotopic (exact) mass is 243 g/mol. The Kier molecular flexibility index (Phi) is 5.08. The summed E-state index contributed by atoms with van der Waals surface area (Å²) in [6.07, 6.45) is -0.446. The Morgan fingerprint density at radius 1 is 1.31 bits per heavy atom. The summed E-state index contributed by atoms with van der Waals surface area (Å²) in [6.45, 7) is 0.347. The molecule has 0 spiro atoms. The number of rotatable bonds is 5. The first-order valence-electron chi connectivity index (χ1n) is 4.95. The highest BCUT2D eigenvalue weighted by atomic mass is 35.5. The number of carboxylic acid groups (broad SMARTS) is 1. The van der Waals surface area contributed by atoms with Crippen LogP contribution in [0.4, 0.5) is 10.5 Å². The zero-order valence-corrected chi connectivity index (χ0v) is 9.52. The summed E-state index contributed by atoms with van der Waals surface area (Å²) in [5, 5.41) is 17.7. The smallest absolute Gasteiger partial charge is 0.411 e. The fraction of sp³-hybridized carbons (Fsp3) is 0.364. The number of alkyl halides is 1. The second kappa shape index (κ2) is 6.35. The molecule has 1 aromatic rings. The van der Waals surface area contributed by atoms with Crippen LogP contribution in [-0.4, -0.2) is 35.3 Å². The molecule has 1 amide bonds. The van der Waals surface area contributed by atoms with Gasteiger partial charge in [0.25, 0.3) is 0 Å². The first-order chi connectivity index (χ1) is 7.69. The molecule has 0 saturated carbocycles. The van der Waals surface area contributed by atoms with Gasteiger partial charge in [-0.05, 0) is 24.1 Å². The molecule has 2 N–H and O–H groups in total. The number of carbonyl (C=O) groups is 1. The van der Waals surface area contributed by atoms with E-state index in [2.05, 4.69) is 0 Å². The van der Waals surface area contributed by atoms with E-state index >= 15 is 0 Å². The molecule has 0 bridgehead atoms. The number of hydrogen-bond acceptors (Lipinski definition) is 2. The lowest BCUT2D eigenvalue weighted by atomic mass is 10.1. The van der Waals surface area contributed by atoms with Gasteiger partial charge in [-0.25, -0.2) is 4.79 Å². The lowest BCUT2D eigenvalue weighted by Gasteiger charge is -2.18. The van der Waals surface area contributed by atoms with Gasteiger partial charge in [0.05, 0.1) is 0 Å². The van der Waals surface area contributed by atoms with Crippen LogP contribution < -0.4 is 4.90 Å². The van der Waals surface area contributed by atoms with Gasteiger partial charge < -0.3 is 10.2 Å². The summed E-state index contributed by atoms with van der Waals surface area (Å²) in [6, 6.07) is 7.03. The number of halogens is 1. The Morgan fingerprint density at radius 3 is 2.38 bits per heavy atom. The number of hydrogen-bond donors (Lipinski definition) is 2. The lowest BCUT2D eigenvalue weighted by Crippen LogP contribution is -2.30. The van der Waals surface area contributed by atoms with Crippen LogP contribution in [0.2, 0.25) is 0 Å².